The van der Waals surface area contributed by atoms with E-state index in [0.29, 0.717) is 0 Å². The zero-order valence-corrected chi connectivity index (χ0v) is 10.1. The van der Waals surface area contributed by atoms with Gasteiger partial charge in [0.05, 0.1) is 0 Å². The predicted octanol–water partition coefficient (Wildman–Crippen LogP) is 3.86. The highest BCUT2D eigenvalue weighted by Crippen LogP contribution is 2.39. The fourth-order valence-electron chi connectivity index (χ4n) is 2.45. The Hall–Kier alpha value is -0.500. The van der Waals surface area contributed by atoms with Crippen LogP contribution in [0.4, 0.5) is 5.69 Å². The van der Waals surface area contributed by atoms with Crippen molar-refractivity contribution >= 4 is 21.6 Å². The van der Waals surface area contributed by atoms with Crippen LogP contribution in [0.15, 0.2) is 16.6 Å². The van der Waals surface area contributed by atoms with Crippen molar-refractivity contribution in [2.24, 2.45) is 0 Å². The number of benzene rings is 1. The smallest absolute Gasteiger partial charge is 0.0328 e. The first-order valence-corrected chi connectivity index (χ1v) is 6.09. The molecule has 0 radical (unpaired) electrons. The van der Waals surface area contributed by atoms with Gasteiger partial charge in [-0.05, 0) is 54.9 Å². The Morgan fingerprint density at radius 1 is 1.50 bits per heavy atom. The van der Waals surface area contributed by atoms with Gasteiger partial charge in [-0.1, -0.05) is 22.9 Å². The summed E-state index contributed by atoms with van der Waals surface area (Å²) in [5.74, 6) is 0.730. The average molecular weight is 254 g/mol. The lowest BCUT2D eigenvalue weighted by Gasteiger charge is -2.26. The monoisotopic (exact) mass is 253 g/mol. The summed E-state index contributed by atoms with van der Waals surface area (Å²) in [7, 11) is 0. The number of hydrogen-bond donors (Lipinski definition) is 1. The van der Waals surface area contributed by atoms with E-state index < -0.39 is 0 Å². The summed E-state index contributed by atoms with van der Waals surface area (Å²) >= 11 is 3.63. The molecule has 0 spiro atoms. The molecule has 1 aromatic rings. The van der Waals surface area contributed by atoms with Gasteiger partial charge in [-0.25, -0.2) is 0 Å². The van der Waals surface area contributed by atoms with Crippen molar-refractivity contribution in [1.29, 1.82) is 0 Å². The third kappa shape index (κ3) is 1.68. The molecule has 2 rings (SSSR count). The van der Waals surface area contributed by atoms with Gasteiger partial charge in [-0.2, -0.15) is 0 Å². The number of hydrogen-bond acceptors (Lipinski definition) is 1. The summed E-state index contributed by atoms with van der Waals surface area (Å²) in [5.41, 5.74) is 9.68. The highest BCUT2D eigenvalue weighted by Gasteiger charge is 2.21. The lowest BCUT2D eigenvalue weighted by molar-refractivity contribution is 0.538. The van der Waals surface area contributed by atoms with Crippen LogP contribution in [0, 0.1) is 0 Å². The van der Waals surface area contributed by atoms with Gasteiger partial charge in [-0.15, -0.1) is 0 Å². The second-order valence-corrected chi connectivity index (χ2v) is 4.93. The molecule has 0 bridgehead atoms. The first kappa shape index (κ1) is 10.0. The molecule has 1 nitrogen and oxygen atoms in total. The number of halogens is 1. The van der Waals surface area contributed by atoms with E-state index >= 15 is 0 Å². The second-order valence-electron chi connectivity index (χ2n) is 4.07. The summed E-state index contributed by atoms with van der Waals surface area (Å²) in [6, 6.07) is 4.18. The van der Waals surface area contributed by atoms with E-state index in [1.807, 2.05) is 6.07 Å². The van der Waals surface area contributed by atoms with Gasteiger partial charge in [0.2, 0.25) is 0 Å². The van der Waals surface area contributed by atoms with Gasteiger partial charge in [-0.3, -0.25) is 0 Å². The van der Waals surface area contributed by atoms with Gasteiger partial charge in [0.15, 0.2) is 0 Å². The lowest BCUT2D eigenvalue weighted by atomic mass is 9.81. The molecule has 1 aliphatic rings. The molecule has 1 aliphatic carbocycles. The molecule has 0 saturated carbocycles. The molecule has 0 saturated heterocycles. The molecule has 14 heavy (non-hydrogen) atoms. The molecule has 1 aromatic carbocycles. The van der Waals surface area contributed by atoms with Crippen LogP contribution in [0.25, 0.3) is 0 Å². The van der Waals surface area contributed by atoms with Crippen molar-refractivity contribution in [3.63, 3.8) is 0 Å². The quantitative estimate of drug-likeness (QED) is 0.756. The molecule has 2 heteroatoms. The Bertz CT molecular complexity index is 346. The van der Waals surface area contributed by atoms with Crippen LogP contribution in [0.1, 0.15) is 43.2 Å². The number of nitrogens with two attached hydrogens (primary N) is 1. The zero-order chi connectivity index (χ0) is 10.1. The second kappa shape index (κ2) is 3.93. The molecular weight excluding hydrogens is 238 g/mol. The molecule has 0 aromatic heterocycles. The summed E-state index contributed by atoms with van der Waals surface area (Å²) < 4.78 is 1.21. The van der Waals surface area contributed by atoms with E-state index in [1.54, 1.807) is 0 Å². The minimum atomic E-state index is 0.730. The minimum absolute atomic E-state index is 0.730. The zero-order valence-electron chi connectivity index (χ0n) is 8.52. The molecule has 0 heterocycles. The first-order chi connectivity index (χ1) is 6.72. The van der Waals surface area contributed by atoms with Crippen LogP contribution in [0.3, 0.4) is 0 Å². The highest BCUT2D eigenvalue weighted by atomic mass is 79.9. The molecule has 0 aliphatic heterocycles. The van der Waals surface area contributed by atoms with Crippen molar-refractivity contribution in [1.82, 2.24) is 0 Å². The van der Waals surface area contributed by atoms with Crippen molar-refractivity contribution < 1.29 is 0 Å². The van der Waals surface area contributed by atoms with Gasteiger partial charge >= 0.3 is 0 Å². The maximum Gasteiger partial charge on any atom is 0.0328 e. The van der Waals surface area contributed by atoms with Crippen LogP contribution < -0.4 is 5.73 Å². The number of rotatable bonds is 1. The van der Waals surface area contributed by atoms with E-state index in [4.69, 9.17) is 5.73 Å². The third-order valence-corrected chi connectivity index (χ3v) is 3.79. The van der Waals surface area contributed by atoms with Crippen LogP contribution in [0.2, 0.25) is 0 Å². The standard InChI is InChI=1S/C12H16BrN/c1-2-8-4-3-5-9-6-10(14)7-11(13)12(8)9/h6-8H,2-5,14H2,1H3. The number of aryl methyl sites for hydroxylation is 1. The van der Waals surface area contributed by atoms with E-state index in [-0.39, 0.29) is 0 Å². The van der Waals surface area contributed by atoms with E-state index in [9.17, 15) is 0 Å². The molecule has 1 atom stereocenters. The highest BCUT2D eigenvalue weighted by molar-refractivity contribution is 9.10. The van der Waals surface area contributed by atoms with Crippen LogP contribution in [-0.2, 0) is 6.42 Å². The number of nitrogen functional groups attached to an aromatic ring is 1. The Kier molecular flexibility index (Phi) is 2.82. The maximum atomic E-state index is 5.84. The summed E-state index contributed by atoms with van der Waals surface area (Å²) in [6.45, 7) is 2.27. The van der Waals surface area contributed by atoms with Gasteiger partial charge < -0.3 is 5.73 Å². The molecular formula is C12H16BrN. The average Bonchev–Trinajstić information content (AvgIpc) is 2.16. The van der Waals surface area contributed by atoms with Gasteiger partial charge in [0, 0.05) is 10.2 Å². The van der Waals surface area contributed by atoms with E-state index in [2.05, 4.69) is 28.9 Å². The maximum absolute atomic E-state index is 5.84. The number of anilines is 1. The Balaban J connectivity index is 2.51. The first-order valence-electron chi connectivity index (χ1n) is 5.30. The lowest BCUT2D eigenvalue weighted by Crippen LogP contribution is -2.10. The Labute approximate surface area is 93.8 Å². The molecule has 76 valence electrons. The van der Waals surface area contributed by atoms with Crippen molar-refractivity contribution in [2.45, 2.75) is 38.5 Å². The summed E-state index contributed by atoms with van der Waals surface area (Å²) in [6.07, 6.45) is 5.05. The Morgan fingerprint density at radius 3 is 3.00 bits per heavy atom. The largest absolute Gasteiger partial charge is 0.399 e. The van der Waals surface area contributed by atoms with Crippen LogP contribution >= 0.6 is 15.9 Å². The van der Waals surface area contributed by atoms with Crippen LogP contribution in [-0.4, -0.2) is 0 Å². The summed E-state index contributed by atoms with van der Waals surface area (Å²) in [5, 5.41) is 0. The SMILES string of the molecule is CCC1CCCc2cc(N)cc(Br)c21. The van der Waals surface area contributed by atoms with Crippen LogP contribution in [0.5, 0.6) is 0 Å². The van der Waals surface area contributed by atoms with Crippen molar-refractivity contribution in [2.75, 3.05) is 5.73 Å². The normalized spacial score (nSPS) is 20.6. The number of fused-ring (bicyclic) bond motifs is 1. The van der Waals surface area contributed by atoms with E-state index in [1.165, 1.54) is 41.3 Å². The Morgan fingerprint density at radius 2 is 2.29 bits per heavy atom. The summed E-state index contributed by atoms with van der Waals surface area (Å²) in [4.78, 5) is 0. The van der Waals surface area contributed by atoms with Gasteiger partial charge in [0.25, 0.3) is 0 Å². The third-order valence-electron chi connectivity index (χ3n) is 3.14. The topological polar surface area (TPSA) is 26.0 Å². The minimum Gasteiger partial charge on any atom is -0.399 e. The van der Waals surface area contributed by atoms with Gasteiger partial charge in [0.1, 0.15) is 0 Å². The molecule has 1 unspecified atom stereocenters. The molecule has 2 N–H and O–H groups in total. The van der Waals surface area contributed by atoms with E-state index in [0.717, 1.165) is 11.6 Å². The van der Waals surface area contributed by atoms with Crippen molar-refractivity contribution in [3.05, 3.63) is 27.7 Å². The van der Waals surface area contributed by atoms with Crippen molar-refractivity contribution in [3.8, 4) is 0 Å². The predicted molar refractivity (Wildman–Crippen MR) is 64.5 cm³/mol. The fourth-order valence-corrected chi connectivity index (χ4v) is 3.30. The molecule has 0 amide bonds. The molecule has 0 fully saturated rings. The fraction of sp³-hybridized carbons (Fsp3) is 0.500.